The molecule has 2 aliphatic heterocycles. The lowest BCUT2D eigenvalue weighted by Crippen LogP contribution is -2.52. The number of hydrogen-bond donors (Lipinski definition) is 1. The average molecular weight is 551 g/mol. The highest BCUT2D eigenvalue weighted by molar-refractivity contribution is 5.81. The Balaban J connectivity index is 1.11. The van der Waals surface area contributed by atoms with Crippen LogP contribution in [0.1, 0.15) is 48.4 Å². The van der Waals surface area contributed by atoms with Gasteiger partial charge in [0.25, 0.3) is 0 Å². The Morgan fingerprint density at radius 2 is 1.51 bits per heavy atom. The van der Waals surface area contributed by atoms with Crippen LogP contribution in [0, 0.1) is 11.5 Å². The number of guanidine groups is 1. The summed E-state index contributed by atoms with van der Waals surface area (Å²) in [4.78, 5) is 12.0. The number of nitrogens with zero attached hydrogens (tertiary/aromatic N) is 5. The molecular weight excluding hydrogens is 508 g/mol. The van der Waals surface area contributed by atoms with Crippen molar-refractivity contribution in [3.8, 4) is 11.9 Å². The van der Waals surface area contributed by atoms with Crippen molar-refractivity contribution >= 4 is 5.96 Å². The van der Waals surface area contributed by atoms with Crippen LogP contribution in [-0.4, -0.2) is 73.1 Å². The van der Waals surface area contributed by atoms with Gasteiger partial charge in [0, 0.05) is 45.7 Å². The van der Waals surface area contributed by atoms with Crippen molar-refractivity contribution in [1.29, 1.82) is 5.26 Å². The first-order chi connectivity index (χ1) is 20.3. The molecule has 0 saturated carbocycles. The molecule has 3 aromatic carbocycles. The van der Waals surface area contributed by atoms with Gasteiger partial charge in [0.05, 0.1) is 12.6 Å². The molecular formula is C34H42N6O. The van der Waals surface area contributed by atoms with Crippen molar-refractivity contribution in [3.05, 3.63) is 102 Å². The summed E-state index contributed by atoms with van der Waals surface area (Å²) in [5, 5.41) is 12.2. The van der Waals surface area contributed by atoms with Gasteiger partial charge in [-0.15, -0.1) is 0 Å². The maximum atomic E-state index is 9.39. The van der Waals surface area contributed by atoms with E-state index in [0.29, 0.717) is 19.1 Å². The van der Waals surface area contributed by atoms with Gasteiger partial charge in [-0.25, -0.2) is 0 Å². The monoisotopic (exact) mass is 550 g/mol. The number of likely N-dealkylation sites (tertiary alicyclic amines) is 1. The number of nitriles is 1. The van der Waals surface area contributed by atoms with Crippen molar-refractivity contribution in [2.24, 2.45) is 4.99 Å². The molecule has 0 atom stereocenters. The zero-order chi connectivity index (χ0) is 28.1. The SMILES string of the molecule is N#CNC(=NCCCOc1cccc(CN2CCCCC2)c1)N1CCN(C(c2ccccc2)c2ccccc2)CC1. The molecule has 2 saturated heterocycles. The van der Waals surface area contributed by atoms with E-state index >= 15 is 0 Å². The van der Waals surface area contributed by atoms with Crippen LogP contribution in [-0.2, 0) is 6.54 Å². The van der Waals surface area contributed by atoms with E-state index in [1.165, 1.54) is 49.0 Å². The summed E-state index contributed by atoms with van der Waals surface area (Å²) < 4.78 is 6.05. The number of hydrogen-bond acceptors (Lipinski definition) is 5. The highest BCUT2D eigenvalue weighted by Crippen LogP contribution is 2.29. The molecule has 0 spiro atoms. The molecule has 214 valence electrons. The number of benzene rings is 3. The molecule has 5 rings (SSSR count). The lowest BCUT2D eigenvalue weighted by molar-refractivity contribution is 0.148. The standard InChI is InChI=1S/C34H42N6O/c35-28-37-34(36-18-11-25-41-32-17-10-12-29(26-32)27-38-19-8-3-9-20-38)40-23-21-39(22-24-40)33(30-13-4-1-5-14-30)31-15-6-2-7-16-31/h1-2,4-7,10,12-17,26,33H,3,8-9,11,18-25,27H2,(H,36,37). The maximum absolute atomic E-state index is 9.39. The zero-order valence-electron chi connectivity index (χ0n) is 24.0. The predicted octanol–water partition coefficient (Wildman–Crippen LogP) is 5.28. The summed E-state index contributed by atoms with van der Waals surface area (Å²) in [7, 11) is 0. The third-order valence-electron chi connectivity index (χ3n) is 7.96. The molecule has 0 unspecified atom stereocenters. The normalized spacial score (nSPS) is 16.9. The molecule has 7 heteroatoms. The van der Waals surface area contributed by atoms with E-state index in [9.17, 15) is 5.26 Å². The van der Waals surface area contributed by atoms with E-state index in [1.54, 1.807) is 0 Å². The fourth-order valence-corrected chi connectivity index (χ4v) is 5.89. The lowest BCUT2D eigenvalue weighted by atomic mass is 9.96. The van der Waals surface area contributed by atoms with Crippen LogP contribution in [0.3, 0.4) is 0 Å². The number of ether oxygens (including phenoxy) is 1. The number of aliphatic imine (C=N–C) groups is 1. The zero-order valence-corrected chi connectivity index (χ0v) is 24.0. The van der Waals surface area contributed by atoms with Gasteiger partial charge >= 0.3 is 0 Å². The third kappa shape index (κ3) is 8.32. The number of piperazine rings is 1. The second kappa shape index (κ2) is 15.2. The summed E-state index contributed by atoms with van der Waals surface area (Å²) >= 11 is 0. The largest absolute Gasteiger partial charge is 0.494 e. The third-order valence-corrected chi connectivity index (χ3v) is 7.96. The van der Waals surface area contributed by atoms with Gasteiger partial charge in [0.2, 0.25) is 5.96 Å². The van der Waals surface area contributed by atoms with Crippen LogP contribution in [0.2, 0.25) is 0 Å². The van der Waals surface area contributed by atoms with Gasteiger partial charge in [-0.1, -0.05) is 79.2 Å². The summed E-state index contributed by atoms with van der Waals surface area (Å²) in [6.07, 6.45) is 6.83. The molecule has 0 aliphatic carbocycles. The minimum Gasteiger partial charge on any atom is -0.494 e. The summed E-state index contributed by atoms with van der Waals surface area (Å²) in [6.45, 7) is 7.97. The Hall–Kier alpha value is -3.86. The Morgan fingerprint density at radius 3 is 2.17 bits per heavy atom. The van der Waals surface area contributed by atoms with E-state index in [1.807, 2.05) is 6.07 Å². The summed E-state index contributed by atoms with van der Waals surface area (Å²) in [5.74, 6) is 1.58. The van der Waals surface area contributed by atoms with Crippen LogP contribution in [0.15, 0.2) is 89.9 Å². The molecule has 2 fully saturated rings. The first-order valence-electron chi connectivity index (χ1n) is 15.0. The Labute approximate surface area is 245 Å². The van der Waals surface area contributed by atoms with Gasteiger partial charge in [0.1, 0.15) is 5.75 Å². The predicted molar refractivity (Wildman–Crippen MR) is 165 cm³/mol. The van der Waals surface area contributed by atoms with Crippen molar-refractivity contribution in [1.82, 2.24) is 20.0 Å². The highest BCUT2D eigenvalue weighted by atomic mass is 16.5. The van der Waals surface area contributed by atoms with Gasteiger partial charge < -0.3 is 9.64 Å². The number of nitrogens with one attached hydrogen (secondary N) is 1. The molecule has 3 aromatic rings. The van der Waals surface area contributed by atoms with E-state index < -0.39 is 0 Å². The molecule has 0 radical (unpaired) electrons. The average Bonchev–Trinajstić information content (AvgIpc) is 3.03. The lowest BCUT2D eigenvalue weighted by Gasteiger charge is -2.40. The van der Waals surface area contributed by atoms with Crippen molar-refractivity contribution in [3.63, 3.8) is 0 Å². The summed E-state index contributed by atoms with van der Waals surface area (Å²) in [5.41, 5.74) is 3.91. The minimum absolute atomic E-state index is 0.208. The van der Waals surface area contributed by atoms with Gasteiger partial charge in [0.15, 0.2) is 6.19 Å². The van der Waals surface area contributed by atoms with Crippen LogP contribution in [0.5, 0.6) is 5.75 Å². The van der Waals surface area contributed by atoms with Crippen molar-refractivity contribution < 1.29 is 4.74 Å². The molecule has 41 heavy (non-hydrogen) atoms. The molecule has 2 aliphatic rings. The molecule has 0 bridgehead atoms. The van der Waals surface area contributed by atoms with Crippen LogP contribution in [0.25, 0.3) is 0 Å². The second-order valence-corrected chi connectivity index (χ2v) is 10.9. The summed E-state index contributed by atoms with van der Waals surface area (Å²) in [6, 6.07) is 30.1. The van der Waals surface area contributed by atoms with Crippen molar-refractivity contribution in [2.45, 2.75) is 38.3 Å². The fraction of sp³-hybridized carbons (Fsp3) is 0.412. The topological polar surface area (TPSA) is 67.1 Å². The van der Waals surface area contributed by atoms with Gasteiger partial charge in [-0.3, -0.25) is 20.1 Å². The number of piperidine rings is 1. The minimum atomic E-state index is 0.208. The second-order valence-electron chi connectivity index (χ2n) is 10.9. The van der Waals surface area contributed by atoms with E-state index in [0.717, 1.165) is 44.9 Å². The quantitative estimate of drug-likeness (QED) is 0.122. The molecule has 0 aromatic heterocycles. The Kier molecular flexibility index (Phi) is 10.6. The van der Waals surface area contributed by atoms with Crippen molar-refractivity contribution in [2.75, 3.05) is 52.4 Å². The fourth-order valence-electron chi connectivity index (χ4n) is 5.89. The number of rotatable bonds is 10. The molecule has 0 amide bonds. The van der Waals surface area contributed by atoms with E-state index in [2.05, 4.69) is 105 Å². The first kappa shape index (κ1) is 28.7. The molecule has 2 heterocycles. The van der Waals surface area contributed by atoms with E-state index in [4.69, 9.17) is 9.73 Å². The highest BCUT2D eigenvalue weighted by Gasteiger charge is 2.27. The molecule has 1 N–H and O–H groups in total. The molecule has 7 nitrogen and oxygen atoms in total. The smallest absolute Gasteiger partial charge is 0.207 e. The van der Waals surface area contributed by atoms with Crippen LogP contribution in [0.4, 0.5) is 0 Å². The van der Waals surface area contributed by atoms with E-state index in [-0.39, 0.29) is 6.04 Å². The van der Waals surface area contributed by atoms with Gasteiger partial charge in [-0.05, 0) is 54.8 Å². The van der Waals surface area contributed by atoms with Crippen LogP contribution >= 0.6 is 0 Å². The maximum Gasteiger partial charge on any atom is 0.207 e. The Morgan fingerprint density at radius 1 is 0.829 bits per heavy atom. The first-order valence-corrected chi connectivity index (χ1v) is 15.0. The van der Waals surface area contributed by atoms with Crippen LogP contribution < -0.4 is 10.1 Å². The van der Waals surface area contributed by atoms with Gasteiger partial charge in [-0.2, -0.15) is 5.26 Å². The Bertz CT molecular complexity index is 1220.